The molecule has 6 nitrogen and oxygen atoms in total. The van der Waals surface area contributed by atoms with E-state index in [-0.39, 0.29) is 5.91 Å². The van der Waals surface area contributed by atoms with Crippen molar-refractivity contribution in [3.8, 4) is 0 Å². The molecule has 0 saturated carbocycles. The molecule has 1 heterocycles. The Hall–Kier alpha value is -2.15. The fraction of sp³-hybridized carbons (Fsp3) is 0.250. The molecule has 0 unspecified atom stereocenters. The average molecular weight is 277 g/mol. The molecule has 1 aromatic heterocycles. The number of aromatic nitrogens is 3. The van der Waals surface area contributed by atoms with Gasteiger partial charge in [-0.25, -0.2) is 0 Å². The summed E-state index contributed by atoms with van der Waals surface area (Å²) in [5, 5.41) is 9.60. The summed E-state index contributed by atoms with van der Waals surface area (Å²) in [6, 6.07) is 6.79. The summed E-state index contributed by atoms with van der Waals surface area (Å²) in [5.41, 5.74) is 6.79. The molecule has 4 N–H and O–H groups in total. The number of amides is 1. The van der Waals surface area contributed by atoms with Crippen molar-refractivity contribution in [2.24, 2.45) is 7.05 Å². The van der Waals surface area contributed by atoms with E-state index in [4.69, 9.17) is 18.0 Å². The number of nitrogens with zero attached hydrogens (tertiary/aromatic N) is 2. The highest BCUT2D eigenvalue weighted by molar-refractivity contribution is 7.71. The Morgan fingerprint density at radius 2 is 2.16 bits per heavy atom. The minimum Gasteiger partial charge on any atom is -0.399 e. The zero-order valence-electron chi connectivity index (χ0n) is 10.5. The van der Waals surface area contributed by atoms with Gasteiger partial charge in [0, 0.05) is 31.3 Å². The van der Waals surface area contributed by atoms with E-state index in [0.717, 1.165) is 5.82 Å². The Labute approximate surface area is 115 Å². The van der Waals surface area contributed by atoms with E-state index in [2.05, 4.69) is 15.5 Å². The number of carbonyl (C=O) groups is 1. The summed E-state index contributed by atoms with van der Waals surface area (Å²) in [6.45, 7) is 0.497. The van der Waals surface area contributed by atoms with Crippen LogP contribution in [0.1, 0.15) is 16.2 Å². The van der Waals surface area contributed by atoms with E-state index in [9.17, 15) is 4.79 Å². The number of rotatable bonds is 4. The van der Waals surface area contributed by atoms with Crippen molar-refractivity contribution in [3.05, 3.63) is 40.4 Å². The Balaban J connectivity index is 1.89. The first-order chi connectivity index (χ1) is 9.08. The van der Waals surface area contributed by atoms with E-state index < -0.39 is 0 Å². The van der Waals surface area contributed by atoms with E-state index in [1.807, 2.05) is 7.05 Å². The predicted octanol–water partition coefficient (Wildman–Crippen LogP) is 1.03. The molecule has 0 aliphatic heterocycles. The number of hydrogen-bond donors (Lipinski definition) is 3. The first kappa shape index (κ1) is 13.3. The van der Waals surface area contributed by atoms with Gasteiger partial charge in [0.05, 0.1) is 0 Å². The van der Waals surface area contributed by atoms with Crippen LogP contribution in [0.5, 0.6) is 0 Å². The summed E-state index contributed by atoms with van der Waals surface area (Å²) in [7, 11) is 1.84. The normalized spacial score (nSPS) is 10.4. The maximum atomic E-state index is 11.8. The van der Waals surface area contributed by atoms with Gasteiger partial charge in [-0.3, -0.25) is 9.89 Å². The van der Waals surface area contributed by atoms with Gasteiger partial charge < -0.3 is 15.6 Å². The molecule has 0 aliphatic carbocycles. The zero-order chi connectivity index (χ0) is 13.8. The molecule has 0 spiro atoms. The lowest BCUT2D eigenvalue weighted by Gasteiger charge is -2.05. The van der Waals surface area contributed by atoms with Gasteiger partial charge in [-0.15, -0.1) is 0 Å². The molecule has 0 radical (unpaired) electrons. The zero-order valence-corrected chi connectivity index (χ0v) is 11.3. The highest BCUT2D eigenvalue weighted by atomic mass is 32.1. The lowest BCUT2D eigenvalue weighted by Crippen LogP contribution is -2.26. The molecule has 19 heavy (non-hydrogen) atoms. The third-order valence-corrected chi connectivity index (χ3v) is 3.14. The van der Waals surface area contributed by atoms with Crippen LogP contribution < -0.4 is 11.1 Å². The first-order valence-electron chi connectivity index (χ1n) is 5.82. The smallest absolute Gasteiger partial charge is 0.251 e. The van der Waals surface area contributed by atoms with Crippen molar-refractivity contribution in [3.63, 3.8) is 0 Å². The summed E-state index contributed by atoms with van der Waals surface area (Å²) in [6.07, 6.45) is 0.615. The molecular weight excluding hydrogens is 262 g/mol. The molecular formula is C12H15N5OS. The average Bonchev–Trinajstić information content (AvgIpc) is 2.71. The summed E-state index contributed by atoms with van der Waals surface area (Å²) in [4.78, 5) is 11.8. The van der Waals surface area contributed by atoms with Gasteiger partial charge in [-0.1, -0.05) is 0 Å². The number of anilines is 1. The molecule has 100 valence electrons. The molecule has 0 saturated heterocycles. The molecule has 0 aliphatic rings. The van der Waals surface area contributed by atoms with Crippen LogP contribution in [-0.4, -0.2) is 27.2 Å². The fourth-order valence-corrected chi connectivity index (χ4v) is 1.78. The van der Waals surface area contributed by atoms with E-state index in [0.29, 0.717) is 29.0 Å². The van der Waals surface area contributed by atoms with Gasteiger partial charge in [0.2, 0.25) is 0 Å². The van der Waals surface area contributed by atoms with Crippen molar-refractivity contribution < 1.29 is 4.79 Å². The van der Waals surface area contributed by atoms with Crippen LogP contribution >= 0.6 is 12.2 Å². The van der Waals surface area contributed by atoms with Crippen LogP contribution in [0.25, 0.3) is 0 Å². The molecule has 0 fully saturated rings. The van der Waals surface area contributed by atoms with Crippen molar-refractivity contribution in [1.82, 2.24) is 20.1 Å². The molecule has 1 aromatic carbocycles. The number of nitrogen functional groups attached to an aromatic ring is 1. The van der Waals surface area contributed by atoms with E-state index in [1.54, 1.807) is 28.8 Å². The molecule has 7 heteroatoms. The number of H-pyrrole nitrogens is 1. The number of carbonyl (C=O) groups excluding carboxylic acids is 1. The second-order valence-electron chi connectivity index (χ2n) is 4.13. The first-order valence-corrected chi connectivity index (χ1v) is 6.23. The van der Waals surface area contributed by atoms with Crippen LogP contribution in [0.4, 0.5) is 5.69 Å². The SMILES string of the molecule is Cn1c(CCNC(=O)c2ccc(N)cc2)n[nH]c1=S. The monoisotopic (exact) mass is 277 g/mol. The summed E-state index contributed by atoms with van der Waals surface area (Å²) >= 11 is 5.01. The van der Waals surface area contributed by atoms with Crippen LogP contribution in [0.15, 0.2) is 24.3 Å². The lowest BCUT2D eigenvalue weighted by molar-refractivity contribution is 0.0954. The Morgan fingerprint density at radius 3 is 2.74 bits per heavy atom. The molecule has 2 rings (SSSR count). The van der Waals surface area contributed by atoms with Gasteiger partial charge in [0.25, 0.3) is 5.91 Å². The molecule has 0 bridgehead atoms. The second kappa shape index (κ2) is 5.66. The highest BCUT2D eigenvalue weighted by Crippen LogP contribution is 2.05. The standard InChI is InChI=1S/C12H15N5OS/c1-17-10(15-16-12(17)19)6-7-14-11(18)8-2-4-9(13)5-3-8/h2-5H,6-7,13H2,1H3,(H,14,18)(H,16,19). The minimum atomic E-state index is -0.128. The van der Waals surface area contributed by atoms with Crippen LogP contribution in [0, 0.1) is 4.77 Å². The van der Waals surface area contributed by atoms with Crippen LogP contribution in [0.2, 0.25) is 0 Å². The van der Waals surface area contributed by atoms with Gasteiger partial charge in [0.1, 0.15) is 5.82 Å². The Bertz CT molecular complexity index is 628. The van der Waals surface area contributed by atoms with E-state index in [1.165, 1.54) is 0 Å². The summed E-state index contributed by atoms with van der Waals surface area (Å²) < 4.78 is 2.35. The fourth-order valence-electron chi connectivity index (χ4n) is 1.63. The number of nitrogens with two attached hydrogens (primary N) is 1. The van der Waals surface area contributed by atoms with E-state index >= 15 is 0 Å². The quantitative estimate of drug-likeness (QED) is 0.575. The third-order valence-electron chi connectivity index (χ3n) is 2.78. The Morgan fingerprint density at radius 1 is 1.47 bits per heavy atom. The topological polar surface area (TPSA) is 88.7 Å². The largest absolute Gasteiger partial charge is 0.399 e. The van der Waals surface area contributed by atoms with Gasteiger partial charge in [0.15, 0.2) is 4.77 Å². The van der Waals surface area contributed by atoms with Gasteiger partial charge in [-0.05, 0) is 36.5 Å². The number of benzene rings is 1. The number of aromatic amines is 1. The Kier molecular flexibility index (Phi) is 3.96. The predicted molar refractivity (Wildman–Crippen MR) is 75.3 cm³/mol. The van der Waals surface area contributed by atoms with Crippen molar-refractivity contribution in [2.75, 3.05) is 12.3 Å². The molecule has 2 aromatic rings. The minimum absolute atomic E-state index is 0.128. The molecule has 0 atom stereocenters. The van der Waals surface area contributed by atoms with Crippen LogP contribution in [0.3, 0.4) is 0 Å². The maximum Gasteiger partial charge on any atom is 0.251 e. The molecule has 1 amide bonds. The van der Waals surface area contributed by atoms with Gasteiger partial charge in [-0.2, -0.15) is 5.10 Å². The van der Waals surface area contributed by atoms with Crippen molar-refractivity contribution >= 4 is 23.8 Å². The third kappa shape index (κ3) is 3.19. The van der Waals surface area contributed by atoms with Crippen LogP contribution in [-0.2, 0) is 13.5 Å². The second-order valence-corrected chi connectivity index (χ2v) is 4.52. The maximum absolute atomic E-state index is 11.8. The van der Waals surface area contributed by atoms with Gasteiger partial charge >= 0.3 is 0 Å². The van der Waals surface area contributed by atoms with Crippen molar-refractivity contribution in [1.29, 1.82) is 0 Å². The summed E-state index contributed by atoms with van der Waals surface area (Å²) in [5.74, 6) is 0.680. The lowest BCUT2D eigenvalue weighted by atomic mass is 10.2. The number of hydrogen-bond acceptors (Lipinski definition) is 4. The highest BCUT2D eigenvalue weighted by Gasteiger charge is 2.06. The van der Waals surface area contributed by atoms with Crippen molar-refractivity contribution in [2.45, 2.75) is 6.42 Å². The number of nitrogens with one attached hydrogen (secondary N) is 2.